The fraction of sp³-hybridized carbons (Fsp3) is 0.0625. The average Bonchev–Trinajstić information content (AvgIpc) is 2.51. The van der Waals surface area contributed by atoms with Crippen LogP contribution in [0.25, 0.3) is 22.3 Å². The van der Waals surface area contributed by atoms with Gasteiger partial charge in [-0.2, -0.15) is 0 Å². The fourth-order valence-electron chi connectivity index (χ4n) is 2.05. The average molecular weight is 287 g/mol. The van der Waals surface area contributed by atoms with E-state index in [4.69, 9.17) is 20.8 Å². The maximum absolute atomic E-state index is 12.2. The molecule has 100 valence electrons. The number of ether oxygens (including phenoxy) is 1. The predicted octanol–water partition coefficient (Wildman–Crippen LogP) is 4.12. The number of methoxy groups -OCH3 is 1. The lowest BCUT2D eigenvalue weighted by Crippen LogP contribution is -2.03. The third-order valence-corrected chi connectivity index (χ3v) is 3.44. The summed E-state index contributed by atoms with van der Waals surface area (Å²) < 4.78 is 10.9. The molecule has 1 heterocycles. The second-order valence-electron chi connectivity index (χ2n) is 4.30. The van der Waals surface area contributed by atoms with Gasteiger partial charge in [0.05, 0.1) is 12.5 Å². The summed E-state index contributed by atoms with van der Waals surface area (Å²) >= 11 is 6.14. The molecule has 3 nitrogen and oxygen atoms in total. The van der Waals surface area contributed by atoms with E-state index in [2.05, 4.69) is 0 Å². The van der Waals surface area contributed by atoms with Gasteiger partial charge in [0.15, 0.2) is 5.76 Å². The molecule has 0 saturated carbocycles. The third-order valence-electron chi connectivity index (χ3n) is 3.09. The maximum atomic E-state index is 12.2. The van der Waals surface area contributed by atoms with Crippen LogP contribution in [0, 0.1) is 0 Å². The third kappa shape index (κ3) is 2.06. The van der Waals surface area contributed by atoms with Crippen LogP contribution in [0.5, 0.6) is 5.75 Å². The van der Waals surface area contributed by atoms with Crippen LogP contribution in [0.2, 0.25) is 5.02 Å². The van der Waals surface area contributed by atoms with E-state index in [9.17, 15) is 4.79 Å². The highest BCUT2D eigenvalue weighted by molar-refractivity contribution is 6.33. The highest BCUT2D eigenvalue weighted by Gasteiger charge is 2.13. The molecule has 0 bridgehead atoms. The Morgan fingerprint density at radius 1 is 1.05 bits per heavy atom. The van der Waals surface area contributed by atoms with Crippen molar-refractivity contribution in [3.8, 4) is 17.1 Å². The van der Waals surface area contributed by atoms with Crippen LogP contribution in [0.1, 0.15) is 0 Å². The Hall–Kier alpha value is -2.26. The molecule has 0 atom stereocenters. The first-order valence-corrected chi connectivity index (χ1v) is 6.44. The van der Waals surface area contributed by atoms with Gasteiger partial charge in [0.25, 0.3) is 0 Å². The first-order chi connectivity index (χ1) is 9.70. The van der Waals surface area contributed by atoms with Crippen molar-refractivity contribution in [3.05, 3.63) is 63.8 Å². The molecule has 20 heavy (non-hydrogen) atoms. The Morgan fingerprint density at radius 3 is 2.45 bits per heavy atom. The second kappa shape index (κ2) is 5.02. The van der Waals surface area contributed by atoms with E-state index >= 15 is 0 Å². The van der Waals surface area contributed by atoms with Crippen molar-refractivity contribution >= 4 is 22.6 Å². The minimum Gasteiger partial charge on any atom is -0.497 e. The summed E-state index contributed by atoms with van der Waals surface area (Å²) in [6.07, 6.45) is 0. The van der Waals surface area contributed by atoms with E-state index in [-0.39, 0.29) is 10.5 Å². The summed E-state index contributed by atoms with van der Waals surface area (Å²) in [6, 6.07) is 14.2. The summed E-state index contributed by atoms with van der Waals surface area (Å²) in [4.78, 5) is 12.2. The zero-order valence-electron chi connectivity index (χ0n) is 10.7. The SMILES string of the molecule is COc1ccc(-c2oc3ccccc3c(=O)c2Cl)cc1. The molecule has 3 aromatic rings. The Kier molecular flexibility index (Phi) is 3.20. The Bertz CT molecular complexity index is 819. The van der Waals surface area contributed by atoms with Gasteiger partial charge in [-0.3, -0.25) is 4.79 Å². The molecular formula is C16H11ClO3. The lowest BCUT2D eigenvalue weighted by molar-refractivity contribution is 0.415. The molecule has 0 spiro atoms. The van der Waals surface area contributed by atoms with Crippen molar-refractivity contribution < 1.29 is 9.15 Å². The first-order valence-electron chi connectivity index (χ1n) is 6.06. The Morgan fingerprint density at radius 2 is 1.75 bits per heavy atom. The summed E-state index contributed by atoms with van der Waals surface area (Å²) in [6.45, 7) is 0. The van der Waals surface area contributed by atoms with Gasteiger partial charge in [-0.25, -0.2) is 0 Å². The van der Waals surface area contributed by atoms with Crippen molar-refractivity contribution in [2.45, 2.75) is 0 Å². The molecule has 3 rings (SSSR count). The molecule has 0 fully saturated rings. The van der Waals surface area contributed by atoms with Crippen LogP contribution in [-0.2, 0) is 0 Å². The smallest absolute Gasteiger partial charge is 0.211 e. The van der Waals surface area contributed by atoms with E-state index in [1.165, 1.54) is 0 Å². The van der Waals surface area contributed by atoms with Crippen LogP contribution >= 0.6 is 11.6 Å². The highest BCUT2D eigenvalue weighted by Crippen LogP contribution is 2.29. The van der Waals surface area contributed by atoms with Crippen LogP contribution in [0.3, 0.4) is 0 Å². The summed E-state index contributed by atoms with van der Waals surface area (Å²) in [5.74, 6) is 1.10. The van der Waals surface area contributed by atoms with E-state index in [0.717, 1.165) is 11.3 Å². The van der Waals surface area contributed by atoms with Crippen LogP contribution in [0.4, 0.5) is 0 Å². The molecular weight excluding hydrogens is 276 g/mol. The topological polar surface area (TPSA) is 39.4 Å². The number of benzene rings is 2. The standard InChI is InChI=1S/C16H11ClO3/c1-19-11-8-6-10(7-9-11)16-14(17)15(18)12-4-2-3-5-13(12)20-16/h2-9H,1H3. The predicted molar refractivity (Wildman–Crippen MR) is 79.5 cm³/mol. The van der Waals surface area contributed by atoms with E-state index in [1.807, 2.05) is 6.07 Å². The second-order valence-corrected chi connectivity index (χ2v) is 4.68. The number of hydrogen-bond acceptors (Lipinski definition) is 3. The number of halogens is 1. The summed E-state index contributed by atoms with van der Waals surface area (Å²) in [5.41, 5.74) is 1.03. The number of fused-ring (bicyclic) bond motifs is 1. The Labute approximate surface area is 120 Å². The lowest BCUT2D eigenvalue weighted by Gasteiger charge is -2.06. The largest absolute Gasteiger partial charge is 0.497 e. The zero-order valence-corrected chi connectivity index (χ0v) is 11.5. The molecule has 0 amide bonds. The molecule has 0 aliphatic carbocycles. The molecule has 4 heteroatoms. The summed E-state index contributed by atoms with van der Waals surface area (Å²) in [5, 5.41) is 0.573. The van der Waals surface area contributed by atoms with Crippen LogP contribution in [0.15, 0.2) is 57.7 Å². The van der Waals surface area contributed by atoms with Gasteiger partial charge in [-0.1, -0.05) is 23.7 Å². The zero-order chi connectivity index (χ0) is 14.1. The number of hydrogen-bond donors (Lipinski definition) is 0. The molecule has 0 radical (unpaired) electrons. The molecule has 0 aliphatic heterocycles. The quantitative estimate of drug-likeness (QED) is 0.711. The maximum Gasteiger partial charge on any atom is 0.211 e. The molecule has 0 aliphatic rings. The minimum atomic E-state index is -0.223. The van der Waals surface area contributed by atoms with Crippen LogP contribution in [-0.4, -0.2) is 7.11 Å². The van der Waals surface area contributed by atoms with E-state index in [1.54, 1.807) is 49.6 Å². The van der Waals surface area contributed by atoms with Gasteiger partial charge in [0, 0.05) is 5.56 Å². The highest BCUT2D eigenvalue weighted by atomic mass is 35.5. The van der Waals surface area contributed by atoms with Gasteiger partial charge < -0.3 is 9.15 Å². The van der Waals surface area contributed by atoms with Gasteiger partial charge in [0.2, 0.25) is 5.43 Å². The van der Waals surface area contributed by atoms with Crippen molar-refractivity contribution in [2.24, 2.45) is 0 Å². The minimum absolute atomic E-state index is 0.0915. The van der Waals surface area contributed by atoms with Crippen molar-refractivity contribution in [1.29, 1.82) is 0 Å². The molecule has 0 saturated heterocycles. The number of para-hydroxylation sites is 1. The lowest BCUT2D eigenvalue weighted by atomic mass is 10.1. The van der Waals surface area contributed by atoms with Crippen molar-refractivity contribution in [1.82, 2.24) is 0 Å². The van der Waals surface area contributed by atoms with Gasteiger partial charge in [-0.15, -0.1) is 0 Å². The van der Waals surface area contributed by atoms with E-state index < -0.39 is 0 Å². The van der Waals surface area contributed by atoms with Gasteiger partial charge in [0.1, 0.15) is 16.4 Å². The normalized spacial score (nSPS) is 10.7. The Balaban J connectivity index is 2.25. The monoisotopic (exact) mass is 286 g/mol. The van der Waals surface area contributed by atoms with Crippen LogP contribution < -0.4 is 10.2 Å². The fourth-order valence-corrected chi connectivity index (χ4v) is 2.30. The molecule has 0 unspecified atom stereocenters. The van der Waals surface area contributed by atoms with Gasteiger partial charge in [-0.05, 0) is 36.4 Å². The summed E-state index contributed by atoms with van der Waals surface area (Å²) in [7, 11) is 1.60. The first kappa shape index (κ1) is 12.8. The van der Waals surface area contributed by atoms with Crippen molar-refractivity contribution in [3.63, 3.8) is 0 Å². The molecule has 0 N–H and O–H groups in total. The van der Waals surface area contributed by atoms with Gasteiger partial charge >= 0.3 is 0 Å². The molecule has 1 aromatic heterocycles. The van der Waals surface area contributed by atoms with E-state index in [0.29, 0.717) is 16.7 Å². The number of rotatable bonds is 2. The molecule has 2 aromatic carbocycles. The van der Waals surface area contributed by atoms with Crippen molar-refractivity contribution in [2.75, 3.05) is 7.11 Å².